The smallest absolute Gasteiger partial charge is 0.410 e. The Labute approximate surface area is 150 Å². The number of rotatable bonds is 2. The molecule has 1 aromatic rings. The van der Waals surface area contributed by atoms with Gasteiger partial charge in [0.2, 0.25) is 0 Å². The number of nitrogens with zero attached hydrogens (tertiary/aromatic N) is 1. The normalized spacial score (nSPS) is 23.6. The Balaban J connectivity index is 1.89. The lowest BCUT2D eigenvalue weighted by Crippen LogP contribution is -2.43. The van der Waals surface area contributed by atoms with Crippen molar-refractivity contribution in [3.63, 3.8) is 0 Å². The highest BCUT2D eigenvalue weighted by atomic mass is 16.6. The van der Waals surface area contributed by atoms with Crippen molar-refractivity contribution < 1.29 is 14.6 Å². The SMILES string of the molecule is CCC1=C(c2ccc(O)cc2)CC2CCC(C1)N2C(=O)OC(C)(C)C. The summed E-state index contributed by atoms with van der Waals surface area (Å²) < 4.78 is 5.67. The van der Waals surface area contributed by atoms with Gasteiger partial charge in [-0.2, -0.15) is 0 Å². The summed E-state index contributed by atoms with van der Waals surface area (Å²) in [7, 11) is 0. The van der Waals surface area contributed by atoms with Gasteiger partial charge in [0.1, 0.15) is 11.4 Å². The number of amides is 1. The Bertz CT molecular complexity index is 669. The van der Waals surface area contributed by atoms with Crippen molar-refractivity contribution in [2.45, 2.75) is 77.5 Å². The number of benzene rings is 1. The largest absolute Gasteiger partial charge is 0.508 e. The predicted molar refractivity (Wildman–Crippen MR) is 99.4 cm³/mol. The van der Waals surface area contributed by atoms with E-state index in [-0.39, 0.29) is 23.9 Å². The average Bonchev–Trinajstić information content (AvgIpc) is 2.83. The molecule has 0 saturated carbocycles. The van der Waals surface area contributed by atoms with E-state index in [9.17, 15) is 9.90 Å². The summed E-state index contributed by atoms with van der Waals surface area (Å²) in [6.45, 7) is 7.94. The van der Waals surface area contributed by atoms with Crippen LogP contribution in [0.2, 0.25) is 0 Å². The van der Waals surface area contributed by atoms with Gasteiger partial charge in [0.05, 0.1) is 0 Å². The van der Waals surface area contributed by atoms with Crippen molar-refractivity contribution in [1.29, 1.82) is 0 Å². The van der Waals surface area contributed by atoms with Crippen LogP contribution in [0.25, 0.3) is 5.57 Å². The van der Waals surface area contributed by atoms with Gasteiger partial charge in [-0.05, 0) is 76.1 Å². The first-order valence-electron chi connectivity index (χ1n) is 9.30. The van der Waals surface area contributed by atoms with E-state index >= 15 is 0 Å². The second-order valence-corrected chi connectivity index (χ2v) is 8.16. The highest BCUT2D eigenvalue weighted by molar-refractivity contribution is 5.74. The van der Waals surface area contributed by atoms with E-state index in [4.69, 9.17) is 4.74 Å². The van der Waals surface area contributed by atoms with E-state index in [1.807, 2.05) is 37.8 Å². The van der Waals surface area contributed by atoms with Crippen LogP contribution in [-0.2, 0) is 4.74 Å². The average molecular weight is 343 g/mol. The maximum absolute atomic E-state index is 12.8. The zero-order valence-corrected chi connectivity index (χ0v) is 15.7. The summed E-state index contributed by atoms with van der Waals surface area (Å²) in [5, 5.41) is 9.58. The Morgan fingerprint density at radius 1 is 1.16 bits per heavy atom. The molecule has 4 heteroatoms. The fourth-order valence-corrected chi connectivity index (χ4v) is 4.10. The lowest BCUT2D eigenvalue weighted by Gasteiger charge is -2.31. The summed E-state index contributed by atoms with van der Waals surface area (Å²) in [6.07, 6.45) is 4.68. The fraction of sp³-hybridized carbons (Fsp3) is 0.571. The minimum absolute atomic E-state index is 0.178. The molecule has 0 radical (unpaired) electrons. The van der Waals surface area contributed by atoms with Gasteiger partial charge in [-0.3, -0.25) is 0 Å². The summed E-state index contributed by atoms with van der Waals surface area (Å²) in [5.74, 6) is 0.285. The van der Waals surface area contributed by atoms with E-state index in [0.717, 1.165) is 37.7 Å². The third kappa shape index (κ3) is 3.83. The Hall–Kier alpha value is -1.97. The van der Waals surface area contributed by atoms with Crippen LogP contribution in [0, 0.1) is 0 Å². The molecular weight excluding hydrogens is 314 g/mol. The molecule has 2 aliphatic heterocycles. The van der Waals surface area contributed by atoms with Crippen LogP contribution >= 0.6 is 0 Å². The first-order chi connectivity index (χ1) is 11.8. The molecule has 2 bridgehead atoms. The van der Waals surface area contributed by atoms with Crippen LogP contribution < -0.4 is 0 Å². The molecule has 25 heavy (non-hydrogen) atoms. The molecule has 0 aromatic heterocycles. The number of ether oxygens (including phenoxy) is 1. The Kier molecular flexibility index (Phi) is 4.81. The molecule has 2 heterocycles. The standard InChI is InChI=1S/C21H29NO3/c1-5-14-12-16-8-9-17(22(16)20(24)25-21(2,3)4)13-19(14)15-6-10-18(23)11-7-15/h6-7,10-11,16-17,23H,5,8-9,12-13H2,1-4H3. The summed E-state index contributed by atoms with van der Waals surface area (Å²) in [4.78, 5) is 14.8. The lowest BCUT2D eigenvalue weighted by atomic mass is 9.88. The fourth-order valence-electron chi connectivity index (χ4n) is 4.10. The van der Waals surface area contributed by atoms with Crippen LogP contribution in [0.5, 0.6) is 5.75 Å². The maximum atomic E-state index is 12.8. The molecule has 1 N–H and O–H groups in total. The molecule has 136 valence electrons. The van der Waals surface area contributed by atoms with Gasteiger partial charge in [-0.15, -0.1) is 0 Å². The molecule has 0 aliphatic carbocycles. The molecular formula is C21H29NO3. The molecule has 2 unspecified atom stereocenters. The van der Waals surface area contributed by atoms with Crippen LogP contribution in [0.3, 0.4) is 0 Å². The summed E-state index contributed by atoms with van der Waals surface area (Å²) >= 11 is 0. The topological polar surface area (TPSA) is 49.8 Å². The zero-order chi connectivity index (χ0) is 18.2. The number of hydrogen-bond acceptors (Lipinski definition) is 3. The first-order valence-corrected chi connectivity index (χ1v) is 9.30. The van der Waals surface area contributed by atoms with Crippen molar-refractivity contribution in [3.05, 3.63) is 35.4 Å². The second kappa shape index (κ2) is 6.74. The summed E-state index contributed by atoms with van der Waals surface area (Å²) in [6, 6.07) is 7.89. The minimum atomic E-state index is -0.469. The third-order valence-corrected chi connectivity index (χ3v) is 5.22. The number of aromatic hydroxyl groups is 1. The summed E-state index contributed by atoms with van der Waals surface area (Å²) in [5.41, 5.74) is 3.45. The van der Waals surface area contributed by atoms with Crippen LogP contribution in [0.1, 0.15) is 65.4 Å². The molecule has 1 amide bonds. The van der Waals surface area contributed by atoms with E-state index in [2.05, 4.69) is 6.92 Å². The maximum Gasteiger partial charge on any atom is 0.410 e. The second-order valence-electron chi connectivity index (χ2n) is 8.16. The lowest BCUT2D eigenvalue weighted by molar-refractivity contribution is 0.0156. The highest BCUT2D eigenvalue weighted by Crippen LogP contribution is 2.42. The molecule has 3 rings (SSSR count). The molecule has 1 fully saturated rings. The van der Waals surface area contributed by atoms with E-state index < -0.39 is 5.60 Å². The Morgan fingerprint density at radius 2 is 1.76 bits per heavy atom. The van der Waals surface area contributed by atoms with Gasteiger partial charge in [0.25, 0.3) is 0 Å². The number of phenols is 1. The first kappa shape index (κ1) is 17.8. The van der Waals surface area contributed by atoms with Gasteiger partial charge in [-0.1, -0.05) is 24.6 Å². The van der Waals surface area contributed by atoms with Crippen LogP contribution in [0.15, 0.2) is 29.8 Å². The molecule has 2 atom stereocenters. The van der Waals surface area contributed by atoms with Crippen molar-refractivity contribution in [1.82, 2.24) is 4.90 Å². The van der Waals surface area contributed by atoms with Gasteiger partial charge >= 0.3 is 6.09 Å². The van der Waals surface area contributed by atoms with Crippen molar-refractivity contribution >= 4 is 11.7 Å². The molecule has 1 saturated heterocycles. The molecule has 0 spiro atoms. The van der Waals surface area contributed by atoms with E-state index in [1.165, 1.54) is 11.1 Å². The van der Waals surface area contributed by atoms with E-state index in [1.54, 1.807) is 12.1 Å². The van der Waals surface area contributed by atoms with Crippen molar-refractivity contribution in [2.75, 3.05) is 0 Å². The quantitative estimate of drug-likeness (QED) is 0.811. The minimum Gasteiger partial charge on any atom is -0.508 e. The predicted octanol–water partition coefficient (Wildman–Crippen LogP) is 5.12. The molecule has 4 nitrogen and oxygen atoms in total. The van der Waals surface area contributed by atoms with Crippen molar-refractivity contribution in [3.8, 4) is 5.75 Å². The van der Waals surface area contributed by atoms with Gasteiger partial charge in [-0.25, -0.2) is 4.79 Å². The number of fused-ring (bicyclic) bond motifs is 2. The number of hydrogen-bond donors (Lipinski definition) is 1. The zero-order valence-electron chi connectivity index (χ0n) is 15.7. The van der Waals surface area contributed by atoms with Crippen LogP contribution in [-0.4, -0.2) is 33.8 Å². The van der Waals surface area contributed by atoms with Gasteiger partial charge in [0, 0.05) is 12.1 Å². The number of phenolic OH excluding ortho intramolecular Hbond substituents is 1. The monoisotopic (exact) mass is 343 g/mol. The van der Waals surface area contributed by atoms with E-state index in [0.29, 0.717) is 0 Å². The number of carbonyl (C=O) groups is 1. The third-order valence-electron chi connectivity index (χ3n) is 5.22. The van der Waals surface area contributed by atoms with Gasteiger partial charge < -0.3 is 14.7 Å². The molecule has 2 aliphatic rings. The van der Waals surface area contributed by atoms with Gasteiger partial charge in [0.15, 0.2) is 0 Å². The van der Waals surface area contributed by atoms with Crippen LogP contribution in [0.4, 0.5) is 4.79 Å². The van der Waals surface area contributed by atoms with Crippen molar-refractivity contribution in [2.24, 2.45) is 0 Å². The number of carbonyl (C=O) groups excluding carboxylic acids is 1. The molecule has 1 aromatic carbocycles. The highest BCUT2D eigenvalue weighted by Gasteiger charge is 2.42. The Morgan fingerprint density at radius 3 is 2.32 bits per heavy atom.